The van der Waals surface area contributed by atoms with Crippen LogP contribution in [0.1, 0.15) is 19.4 Å². The number of rotatable bonds is 4. The number of hydrogen-bond donors (Lipinski definition) is 2. The summed E-state index contributed by atoms with van der Waals surface area (Å²) in [6, 6.07) is 7.69. The third-order valence-electron chi connectivity index (χ3n) is 2.92. The molecule has 0 radical (unpaired) electrons. The molecule has 0 unspecified atom stereocenters. The number of nitrogens with zero attached hydrogens (tertiary/aromatic N) is 2. The van der Waals surface area contributed by atoms with Gasteiger partial charge in [-0.2, -0.15) is 13.2 Å². The normalized spacial score (nSPS) is 11.4. The summed E-state index contributed by atoms with van der Waals surface area (Å²) < 4.78 is 37.4. The maximum absolute atomic E-state index is 12.5. The SMILES string of the molecule is CC(C)C(=O)Nc1ccc(Nc2ccc(C(F)(F)F)cc2)nn1. The smallest absolute Gasteiger partial charge is 0.339 e. The number of alkyl halides is 3. The van der Waals surface area contributed by atoms with Crippen LogP contribution >= 0.6 is 0 Å². The lowest BCUT2D eigenvalue weighted by Gasteiger charge is -2.09. The molecule has 0 atom stereocenters. The van der Waals surface area contributed by atoms with Crippen LogP contribution in [0.2, 0.25) is 0 Å². The first-order valence-corrected chi connectivity index (χ1v) is 6.84. The summed E-state index contributed by atoms with van der Waals surface area (Å²) in [5.41, 5.74) is -0.271. The van der Waals surface area contributed by atoms with Gasteiger partial charge in [0.25, 0.3) is 0 Å². The molecule has 5 nitrogen and oxygen atoms in total. The van der Waals surface area contributed by atoms with E-state index >= 15 is 0 Å². The van der Waals surface area contributed by atoms with E-state index in [0.29, 0.717) is 17.3 Å². The van der Waals surface area contributed by atoms with E-state index in [1.807, 2.05) is 0 Å². The second-order valence-corrected chi connectivity index (χ2v) is 5.15. The number of carbonyl (C=O) groups is 1. The van der Waals surface area contributed by atoms with Crippen molar-refractivity contribution < 1.29 is 18.0 Å². The maximum Gasteiger partial charge on any atom is 0.416 e. The van der Waals surface area contributed by atoms with Crippen LogP contribution in [0.5, 0.6) is 0 Å². The number of amides is 1. The number of aromatic nitrogens is 2. The molecule has 122 valence electrons. The lowest BCUT2D eigenvalue weighted by atomic mass is 10.2. The Bertz CT molecular complexity index is 667. The fourth-order valence-corrected chi connectivity index (χ4v) is 1.63. The molecule has 1 heterocycles. The first-order valence-electron chi connectivity index (χ1n) is 6.84. The van der Waals surface area contributed by atoms with E-state index in [2.05, 4.69) is 20.8 Å². The molecular weight excluding hydrogens is 309 g/mol. The number of carbonyl (C=O) groups excluding carboxylic acids is 1. The van der Waals surface area contributed by atoms with E-state index in [0.717, 1.165) is 12.1 Å². The fraction of sp³-hybridized carbons (Fsp3) is 0.267. The van der Waals surface area contributed by atoms with Gasteiger partial charge in [-0.05, 0) is 36.4 Å². The van der Waals surface area contributed by atoms with Crippen molar-refractivity contribution in [2.45, 2.75) is 20.0 Å². The van der Waals surface area contributed by atoms with Gasteiger partial charge < -0.3 is 10.6 Å². The molecule has 0 saturated heterocycles. The highest BCUT2D eigenvalue weighted by Crippen LogP contribution is 2.30. The molecule has 23 heavy (non-hydrogen) atoms. The minimum atomic E-state index is -4.37. The summed E-state index contributed by atoms with van der Waals surface area (Å²) in [5, 5.41) is 13.1. The Morgan fingerprint density at radius 3 is 2.04 bits per heavy atom. The molecule has 1 aromatic carbocycles. The van der Waals surface area contributed by atoms with Gasteiger partial charge in [-0.1, -0.05) is 13.8 Å². The highest BCUT2D eigenvalue weighted by Gasteiger charge is 2.29. The predicted molar refractivity (Wildman–Crippen MR) is 80.2 cm³/mol. The predicted octanol–water partition coefficient (Wildman–Crippen LogP) is 3.83. The highest BCUT2D eigenvalue weighted by molar-refractivity contribution is 5.91. The van der Waals surface area contributed by atoms with E-state index in [4.69, 9.17) is 0 Å². The Balaban J connectivity index is 2.02. The van der Waals surface area contributed by atoms with Gasteiger partial charge in [0.15, 0.2) is 11.6 Å². The van der Waals surface area contributed by atoms with Gasteiger partial charge in [-0.25, -0.2) is 0 Å². The Morgan fingerprint density at radius 1 is 1.00 bits per heavy atom. The fourth-order valence-electron chi connectivity index (χ4n) is 1.63. The maximum atomic E-state index is 12.5. The van der Waals surface area contributed by atoms with Crippen molar-refractivity contribution in [2.24, 2.45) is 5.92 Å². The monoisotopic (exact) mass is 324 g/mol. The van der Waals surface area contributed by atoms with Gasteiger partial charge in [0.2, 0.25) is 5.91 Å². The second kappa shape index (κ2) is 6.64. The lowest BCUT2D eigenvalue weighted by molar-refractivity contribution is -0.137. The largest absolute Gasteiger partial charge is 0.416 e. The van der Waals surface area contributed by atoms with Crippen LogP contribution in [-0.4, -0.2) is 16.1 Å². The van der Waals surface area contributed by atoms with Crippen molar-refractivity contribution in [3.63, 3.8) is 0 Å². The van der Waals surface area contributed by atoms with E-state index in [1.54, 1.807) is 26.0 Å². The van der Waals surface area contributed by atoms with Crippen molar-refractivity contribution in [2.75, 3.05) is 10.6 Å². The minimum Gasteiger partial charge on any atom is -0.339 e. The summed E-state index contributed by atoms with van der Waals surface area (Å²) >= 11 is 0. The van der Waals surface area contributed by atoms with Crippen LogP contribution in [0, 0.1) is 5.92 Å². The average molecular weight is 324 g/mol. The minimum absolute atomic E-state index is 0.178. The summed E-state index contributed by atoms with van der Waals surface area (Å²) in [4.78, 5) is 11.5. The number of anilines is 3. The molecule has 0 aliphatic carbocycles. The molecular formula is C15H15F3N4O. The first kappa shape index (κ1) is 16.7. The molecule has 0 aliphatic rings. The standard InChI is InChI=1S/C15H15F3N4O/c1-9(2)14(23)20-13-8-7-12(21-22-13)19-11-5-3-10(4-6-11)15(16,17)18/h3-9H,1-2H3,(H,19,21)(H,20,22,23). The molecule has 0 fully saturated rings. The molecule has 2 N–H and O–H groups in total. The quantitative estimate of drug-likeness (QED) is 0.897. The van der Waals surface area contributed by atoms with Gasteiger partial charge >= 0.3 is 6.18 Å². The zero-order valence-electron chi connectivity index (χ0n) is 12.5. The topological polar surface area (TPSA) is 66.9 Å². The van der Waals surface area contributed by atoms with E-state index in [1.165, 1.54) is 12.1 Å². The van der Waals surface area contributed by atoms with Crippen LogP contribution < -0.4 is 10.6 Å². The third-order valence-corrected chi connectivity index (χ3v) is 2.92. The van der Waals surface area contributed by atoms with Crippen molar-refractivity contribution in [1.82, 2.24) is 10.2 Å². The number of nitrogens with one attached hydrogen (secondary N) is 2. The Hall–Kier alpha value is -2.64. The molecule has 0 spiro atoms. The van der Waals surface area contributed by atoms with Crippen LogP contribution in [0.15, 0.2) is 36.4 Å². The Kier molecular flexibility index (Phi) is 4.83. The molecule has 2 aromatic rings. The van der Waals surface area contributed by atoms with Crippen LogP contribution in [0.4, 0.5) is 30.5 Å². The third kappa shape index (κ3) is 4.67. The van der Waals surface area contributed by atoms with E-state index in [-0.39, 0.29) is 11.8 Å². The molecule has 1 aromatic heterocycles. The number of hydrogen-bond acceptors (Lipinski definition) is 4. The summed E-state index contributed by atoms with van der Waals surface area (Å²) in [6.07, 6.45) is -4.37. The average Bonchev–Trinajstić information content (AvgIpc) is 2.49. The second-order valence-electron chi connectivity index (χ2n) is 5.15. The zero-order valence-corrected chi connectivity index (χ0v) is 12.5. The van der Waals surface area contributed by atoms with Crippen molar-refractivity contribution in [3.05, 3.63) is 42.0 Å². The van der Waals surface area contributed by atoms with Gasteiger partial charge in [0.1, 0.15) is 0 Å². The molecule has 0 saturated carbocycles. The molecule has 0 aliphatic heterocycles. The van der Waals surface area contributed by atoms with Crippen molar-refractivity contribution in [3.8, 4) is 0 Å². The number of benzene rings is 1. The van der Waals surface area contributed by atoms with E-state index in [9.17, 15) is 18.0 Å². The van der Waals surface area contributed by atoms with Crippen molar-refractivity contribution in [1.29, 1.82) is 0 Å². The van der Waals surface area contributed by atoms with Gasteiger partial charge in [0, 0.05) is 11.6 Å². The van der Waals surface area contributed by atoms with Crippen LogP contribution in [0.25, 0.3) is 0 Å². The first-order chi connectivity index (χ1) is 10.8. The zero-order chi connectivity index (χ0) is 17.0. The molecule has 2 rings (SSSR count). The van der Waals surface area contributed by atoms with Crippen LogP contribution in [0.3, 0.4) is 0 Å². The molecule has 0 bridgehead atoms. The Morgan fingerprint density at radius 2 is 1.57 bits per heavy atom. The van der Waals surface area contributed by atoms with Gasteiger partial charge in [-0.3, -0.25) is 4.79 Å². The molecule has 1 amide bonds. The van der Waals surface area contributed by atoms with Crippen LogP contribution in [-0.2, 0) is 11.0 Å². The summed E-state index contributed by atoms with van der Waals surface area (Å²) in [5.74, 6) is 0.304. The molecule has 8 heteroatoms. The van der Waals surface area contributed by atoms with E-state index < -0.39 is 11.7 Å². The van der Waals surface area contributed by atoms with Gasteiger partial charge in [0.05, 0.1) is 5.56 Å². The Labute approximate surface area is 130 Å². The summed E-state index contributed by atoms with van der Waals surface area (Å²) in [7, 11) is 0. The van der Waals surface area contributed by atoms with Gasteiger partial charge in [-0.15, -0.1) is 10.2 Å². The summed E-state index contributed by atoms with van der Waals surface area (Å²) in [6.45, 7) is 3.51. The lowest BCUT2D eigenvalue weighted by Crippen LogP contribution is -2.18. The number of halogens is 3. The highest BCUT2D eigenvalue weighted by atomic mass is 19.4. The van der Waals surface area contributed by atoms with Crippen molar-refractivity contribution >= 4 is 23.2 Å².